The highest BCUT2D eigenvalue weighted by atomic mass is 15.1. The number of aromatic nitrogens is 3. The first-order valence-corrected chi connectivity index (χ1v) is 3.96. The Labute approximate surface area is 76.1 Å². The summed E-state index contributed by atoms with van der Waals surface area (Å²) in [5.41, 5.74) is 6.59. The number of nitrogens with zero attached hydrogens (tertiary/aromatic N) is 3. The summed E-state index contributed by atoms with van der Waals surface area (Å²) in [7, 11) is 1.92. The molecule has 2 N–H and O–H groups in total. The number of imidazole rings is 1. The first-order valence-electron chi connectivity index (χ1n) is 3.96. The summed E-state index contributed by atoms with van der Waals surface area (Å²) in [4.78, 5) is 8.13. The third kappa shape index (κ3) is 1.38. The largest absolute Gasteiger partial charge is 0.382 e. The van der Waals surface area contributed by atoms with Crippen LogP contribution in [0.15, 0.2) is 30.7 Å². The second-order valence-electron chi connectivity index (χ2n) is 2.84. The lowest BCUT2D eigenvalue weighted by Crippen LogP contribution is -1.90. The monoisotopic (exact) mass is 174 g/mol. The molecule has 13 heavy (non-hydrogen) atoms. The van der Waals surface area contributed by atoms with Crippen LogP contribution in [0.4, 0.5) is 5.82 Å². The van der Waals surface area contributed by atoms with Crippen LogP contribution in [0.25, 0.3) is 11.4 Å². The van der Waals surface area contributed by atoms with Gasteiger partial charge < -0.3 is 10.3 Å². The summed E-state index contributed by atoms with van der Waals surface area (Å²) < 4.78 is 1.89. The van der Waals surface area contributed by atoms with Gasteiger partial charge in [0.15, 0.2) is 0 Å². The Bertz CT molecular complexity index is 405. The third-order valence-corrected chi connectivity index (χ3v) is 1.83. The van der Waals surface area contributed by atoms with Gasteiger partial charge in [0.05, 0.1) is 0 Å². The van der Waals surface area contributed by atoms with Crippen LogP contribution in [-0.2, 0) is 7.05 Å². The van der Waals surface area contributed by atoms with Crippen LogP contribution in [0.2, 0.25) is 0 Å². The van der Waals surface area contributed by atoms with E-state index >= 15 is 0 Å². The molecule has 2 aromatic rings. The van der Waals surface area contributed by atoms with Crippen molar-refractivity contribution in [3.05, 3.63) is 30.7 Å². The van der Waals surface area contributed by atoms with Gasteiger partial charge in [0, 0.05) is 31.2 Å². The maximum atomic E-state index is 5.57. The molecule has 0 bridgehead atoms. The lowest BCUT2D eigenvalue weighted by Gasteiger charge is -1.98. The first-order chi connectivity index (χ1) is 6.27. The van der Waals surface area contributed by atoms with Gasteiger partial charge in [-0.05, 0) is 12.1 Å². The van der Waals surface area contributed by atoms with Crippen molar-refractivity contribution in [1.82, 2.24) is 14.5 Å². The average molecular weight is 174 g/mol. The molecule has 0 amide bonds. The molecule has 0 aliphatic carbocycles. The summed E-state index contributed by atoms with van der Waals surface area (Å²) in [6, 6.07) is 3.81. The zero-order chi connectivity index (χ0) is 9.26. The van der Waals surface area contributed by atoms with Crippen LogP contribution in [0.3, 0.4) is 0 Å². The average Bonchev–Trinajstić information content (AvgIpc) is 2.47. The van der Waals surface area contributed by atoms with Crippen LogP contribution >= 0.6 is 0 Å². The molecule has 66 valence electrons. The maximum absolute atomic E-state index is 5.57. The lowest BCUT2D eigenvalue weighted by atomic mass is 10.2. The van der Waals surface area contributed by atoms with Gasteiger partial charge in [0.25, 0.3) is 0 Å². The summed E-state index contributed by atoms with van der Waals surface area (Å²) in [6.45, 7) is 0. The molecule has 0 radical (unpaired) electrons. The highest BCUT2D eigenvalue weighted by molar-refractivity contribution is 5.57. The predicted molar refractivity (Wildman–Crippen MR) is 50.9 cm³/mol. The zero-order valence-corrected chi connectivity index (χ0v) is 7.31. The highest BCUT2D eigenvalue weighted by Crippen LogP contribution is 2.17. The molecule has 2 rings (SSSR count). The topological polar surface area (TPSA) is 56.7 Å². The minimum Gasteiger partial charge on any atom is -0.382 e. The molecular formula is C9H10N4. The van der Waals surface area contributed by atoms with Crippen molar-refractivity contribution in [3.8, 4) is 11.4 Å². The first kappa shape index (κ1) is 7.79. The number of nitrogen functional groups attached to an aromatic ring is 1. The minimum absolute atomic E-state index is 0.536. The third-order valence-electron chi connectivity index (χ3n) is 1.83. The lowest BCUT2D eigenvalue weighted by molar-refractivity contribution is 0.924. The standard InChI is InChI=1S/C9H10N4/c1-13-6-8(10)12-9(13)7-2-4-11-5-3-7/h2-6H,10H2,1H3. The molecule has 4 heteroatoms. The zero-order valence-electron chi connectivity index (χ0n) is 7.31. The minimum atomic E-state index is 0.536. The van der Waals surface area contributed by atoms with Gasteiger partial charge in [-0.2, -0.15) is 0 Å². The van der Waals surface area contributed by atoms with Crippen LogP contribution in [0.1, 0.15) is 0 Å². The number of hydrogen-bond donors (Lipinski definition) is 1. The summed E-state index contributed by atoms with van der Waals surface area (Å²) in [5.74, 6) is 1.40. The van der Waals surface area contributed by atoms with E-state index in [1.165, 1.54) is 0 Å². The molecule has 0 spiro atoms. The molecule has 0 fully saturated rings. The van der Waals surface area contributed by atoms with Crippen molar-refractivity contribution < 1.29 is 0 Å². The van der Waals surface area contributed by atoms with Crippen molar-refractivity contribution >= 4 is 5.82 Å². The fourth-order valence-corrected chi connectivity index (χ4v) is 1.26. The number of hydrogen-bond acceptors (Lipinski definition) is 3. The summed E-state index contributed by atoms with van der Waals surface area (Å²) in [5, 5.41) is 0. The second-order valence-corrected chi connectivity index (χ2v) is 2.84. The van der Waals surface area contributed by atoms with Crippen molar-refractivity contribution in [2.75, 3.05) is 5.73 Å². The van der Waals surface area contributed by atoms with E-state index in [1.807, 2.05) is 23.7 Å². The van der Waals surface area contributed by atoms with E-state index < -0.39 is 0 Å². The highest BCUT2D eigenvalue weighted by Gasteiger charge is 2.04. The van der Waals surface area contributed by atoms with E-state index in [9.17, 15) is 0 Å². The molecule has 0 unspecified atom stereocenters. The molecule has 0 aliphatic rings. The Kier molecular flexibility index (Phi) is 1.73. The van der Waals surface area contributed by atoms with Gasteiger partial charge in [-0.25, -0.2) is 4.98 Å². The van der Waals surface area contributed by atoms with E-state index in [0.717, 1.165) is 11.4 Å². The SMILES string of the molecule is Cn1cc(N)nc1-c1ccncc1. The smallest absolute Gasteiger partial charge is 0.142 e. The number of pyridine rings is 1. The molecular weight excluding hydrogens is 164 g/mol. The van der Waals surface area contributed by atoms with Crippen molar-refractivity contribution in [2.24, 2.45) is 7.05 Å². The van der Waals surface area contributed by atoms with Crippen LogP contribution in [0, 0.1) is 0 Å². The van der Waals surface area contributed by atoms with Gasteiger partial charge in [-0.3, -0.25) is 4.98 Å². The molecule has 2 heterocycles. The molecule has 0 saturated carbocycles. The molecule has 4 nitrogen and oxygen atoms in total. The predicted octanol–water partition coefficient (Wildman–Crippen LogP) is 1.06. The number of aryl methyl sites for hydroxylation is 1. The molecule has 0 aromatic carbocycles. The Hall–Kier alpha value is -1.84. The maximum Gasteiger partial charge on any atom is 0.142 e. The fourth-order valence-electron chi connectivity index (χ4n) is 1.26. The van der Waals surface area contributed by atoms with E-state index in [1.54, 1.807) is 18.6 Å². The Morgan fingerprint density at radius 3 is 2.54 bits per heavy atom. The summed E-state index contributed by atoms with van der Waals surface area (Å²) >= 11 is 0. The van der Waals surface area contributed by atoms with E-state index in [2.05, 4.69) is 9.97 Å². The molecule has 0 atom stereocenters. The van der Waals surface area contributed by atoms with Crippen LogP contribution in [-0.4, -0.2) is 14.5 Å². The van der Waals surface area contributed by atoms with E-state index in [-0.39, 0.29) is 0 Å². The molecule has 2 aromatic heterocycles. The van der Waals surface area contributed by atoms with Crippen LogP contribution < -0.4 is 5.73 Å². The Morgan fingerprint density at radius 1 is 1.31 bits per heavy atom. The number of anilines is 1. The van der Waals surface area contributed by atoms with Crippen molar-refractivity contribution in [1.29, 1.82) is 0 Å². The normalized spacial score (nSPS) is 10.2. The van der Waals surface area contributed by atoms with Crippen molar-refractivity contribution in [2.45, 2.75) is 0 Å². The van der Waals surface area contributed by atoms with Gasteiger partial charge in [0.2, 0.25) is 0 Å². The number of rotatable bonds is 1. The van der Waals surface area contributed by atoms with E-state index in [0.29, 0.717) is 5.82 Å². The number of nitrogens with two attached hydrogens (primary N) is 1. The summed E-state index contributed by atoms with van der Waals surface area (Å²) in [6.07, 6.45) is 5.26. The Morgan fingerprint density at radius 2 is 2.00 bits per heavy atom. The fraction of sp³-hybridized carbons (Fsp3) is 0.111. The van der Waals surface area contributed by atoms with Gasteiger partial charge in [0.1, 0.15) is 11.6 Å². The van der Waals surface area contributed by atoms with Gasteiger partial charge in [-0.1, -0.05) is 0 Å². The van der Waals surface area contributed by atoms with Gasteiger partial charge in [-0.15, -0.1) is 0 Å². The van der Waals surface area contributed by atoms with Crippen LogP contribution in [0.5, 0.6) is 0 Å². The quantitative estimate of drug-likeness (QED) is 0.703. The Balaban J connectivity index is 2.53. The van der Waals surface area contributed by atoms with Gasteiger partial charge >= 0.3 is 0 Å². The van der Waals surface area contributed by atoms with E-state index in [4.69, 9.17) is 5.73 Å². The molecule has 0 saturated heterocycles. The molecule has 0 aliphatic heterocycles. The van der Waals surface area contributed by atoms with Crippen molar-refractivity contribution in [3.63, 3.8) is 0 Å². The second kappa shape index (κ2) is 2.90.